The lowest BCUT2D eigenvalue weighted by Crippen LogP contribution is -2.49. The van der Waals surface area contributed by atoms with Crippen LogP contribution >= 0.6 is 11.3 Å². The lowest BCUT2D eigenvalue weighted by atomic mass is 9.78. The Kier molecular flexibility index (Phi) is 6.96. The summed E-state index contributed by atoms with van der Waals surface area (Å²) in [6.07, 6.45) is 10.2. The lowest BCUT2D eigenvalue weighted by molar-refractivity contribution is 0.0386. The van der Waals surface area contributed by atoms with Crippen LogP contribution in [-0.4, -0.2) is 58.4 Å². The number of thiazole rings is 1. The van der Waals surface area contributed by atoms with Crippen LogP contribution in [0.2, 0.25) is 0 Å². The van der Waals surface area contributed by atoms with Gasteiger partial charge in [0.15, 0.2) is 0 Å². The highest BCUT2D eigenvalue weighted by atomic mass is 32.1. The van der Waals surface area contributed by atoms with E-state index in [0.717, 1.165) is 56.7 Å². The predicted molar refractivity (Wildman–Crippen MR) is 120 cm³/mol. The van der Waals surface area contributed by atoms with Crippen molar-refractivity contribution in [3.8, 4) is 0 Å². The molecule has 3 unspecified atom stereocenters. The van der Waals surface area contributed by atoms with Crippen LogP contribution in [0, 0.1) is 5.92 Å². The maximum Gasteiger partial charge on any atom is 0.317 e. The molecule has 0 aromatic carbocycles. The molecule has 30 heavy (non-hydrogen) atoms. The first-order chi connectivity index (χ1) is 14.6. The van der Waals surface area contributed by atoms with Crippen LogP contribution in [0.15, 0.2) is 5.38 Å². The van der Waals surface area contributed by atoms with Crippen LogP contribution in [0.4, 0.5) is 4.79 Å². The van der Waals surface area contributed by atoms with Gasteiger partial charge in [0.1, 0.15) is 5.69 Å². The van der Waals surface area contributed by atoms with Crippen LogP contribution < -0.4 is 5.32 Å². The third-order valence-corrected chi connectivity index (χ3v) is 8.37. The Morgan fingerprint density at radius 3 is 2.63 bits per heavy atom. The van der Waals surface area contributed by atoms with Crippen LogP contribution in [-0.2, 0) is 0 Å². The number of carbonyl (C=O) groups excluding carboxylic acids is 2. The quantitative estimate of drug-likeness (QED) is 0.755. The Bertz CT molecular complexity index is 741. The van der Waals surface area contributed by atoms with Gasteiger partial charge in [0, 0.05) is 43.0 Å². The number of hydrogen-bond donors (Lipinski definition) is 1. The summed E-state index contributed by atoms with van der Waals surface area (Å²) in [5.41, 5.74) is 0.637. The topological polar surface area (TPSA) is 65.5 Å². The van der Waals surface area contributed by atoms with E-state index in [9.17, 15) is 9.59 Å². The molecule has 3 atom stereocenters. The summed E-state index contributed by atoms with van der Waals surface area (Å²) < 4.78 is 0. The molecule has 166 valence electrons. The van der Waals surface area contributed by atoms with Crippen LogP contribution in [0.25, 0.3) is 0 Å². The molecule has 4 rings (SSSR count). The van der Waals surface area contributed by atoms with E-state index < -0.39 is 0 Å². The Hall–Kier alpha value is -1.63. The molecule has 0 spiro atoms. The molecule has 1 N–H and O–H groups in total. The fraction of sp³-hybridized carbons (Fsp3) is 0.783. The zero-order valence-electron chi connectivity index (χ0n) is 18.4. The highest BCUT2D eigenvalue weighted by Gasteiger charge is 2.37. The summed E-state index contributed by atoms with van der Waals surface area (Å²) in [6.45, 7) is 6.52. The van der Waals surface area contributed by atoms with E-state index in [0.29, 0.717) is 23.6 Å². The van der Waals surface area contributed by atoms with Crippen LogP contribution in [0.3, 0.4) is 0 Å². The summed E-state index contributed by atoms with van der Waals surface area (Å²) in [6, 6.07) is 0.684. The highest BCUT2D eigenvalue weighted by Crippen LogP contribution is 2.36. The predicted octanol–water partition coefficient (Wildman–Crippen LogP) is 4.63. The minimum atomic E-state index is 0.0462. The number of nitrogens with zero attached hydrogens (tertiary/aromatic N) is 3. The van der Waals surface area contributed by atoms with E-state index in [4.69, 9.17) is 4.98 Å². The van der Waals surface area contributed by atoms with Gasteiger partial charge in [-0.1, -0.05) is 19.8 Å². The van der Waals surface area contributed by atoms with Crippen molar-refractivity contribution in [2.75, 3.05) is 19.6 Å². The molecular formula is C23H36N4O2S. The Morgan fingerprint density at radius 1 is 1.13 bits per heavy atom. The minimum absolute atomic E-state index is 0.0462. The molecule has 1 aliphatic carbocycles. The average molecular weight is 433 g/mol. The van der Waals surface area contributed by atoms with Gasteiger partial charge in [-0.3, -0.25) is 4.79 Å². The number of hydrogen-bond acceptors (Lipinski definition) is 4. The second-order valence-corrected chi connectivity index (χ2v) is 10.2. The highest BCUT2D eigenvalue weighted by molar-refractivity contribution is 7.09. The molecule has 6 nitrogen and oxygen atoms in total. The van der Waals surface area contributed by atoms with Crippen LogP contribution in [0.1, 0.15) is 93.0 Å². The number of piperidine rings is 2. The van der Waals surface area contributed by atoms with E-state index in [2.05, 4.69) is 17.1 Å². The molecule has 3 aliphatic rings. The molecule has 2 saturated heterocycles. The largest absolute Gasteiger partial charge is 0.336 e. The fourth-order valence-corrected chi connectivity index (χ4v) is 6.30. The minimum Gasteiger partial charge on any atom is -0.336 e. The van der Waals surface area contributed by atoms with E-state index >= 15 is 0 Å². The van der Waals surface area contributed by atoms with Crippen molar-refractivity contribution in [1.82, 2.24) is 20.1 Å². The lowest BCUT2D eigenvalue weighted by Gasteiger charge is -2.43. The molecule has 7 heteroatoms. The summed E-state index contributed by atoms with van der Waals surface area (Å²) in [4.78, 5) is 34.4. The van der Waals surface area contributed by atoms with Gasteiger partial charge >= 0.3 is 6.03 Å². The molecule has 0 bridgehead atoms. The van der Waals surface area contributed by atoms with Gasteiger partial charge in [-0.05, 0) is 57.8 Å². The normalized spacial score (nSPS) is 26.2. The standard InChI is InChI=1S/C23H36N4O2S/c1-3-16(2)24-23(29)26-13-10-18(11-14-26)21-25-19(15-30-21)22(28)27-12-6-8-17-7-4-5-9-20(17)27/h15-18,20H,3-14H2,1-2H3,(H,24,29). The van der Waals surface area contributed by atoms with Gasteiger partial charge < -0.3 is 15.1 Å². The number of urea groups is 1. The molecule has 1 saturated carbocycles. The molecule has 3 heterocycles. The van der Waals surface area contributed by atoms with Gasteiger partial charge in [0.25, 0.3) is 5.91 Å². The first kappa shape index (κ1) is 21.6. The SMILES string of the molecule is CCC(C)NC(=O)N1CCC(c2nc(C(=O)N3CCCC4CCCCC43)cs2)CC1. The van der Waals surface area contributed by atoms with Crippen molar-refractivity contribution < 1.29 is 9.59 Å². The zero-order chi connectivity index (χ0) is 21.1. The number of likely N-dealkylation sites (tertiary alicyclic amines) is 2. The van der Waals surface area contributed by atoms with E-state index in [1.165, 1.54) is 25.7 Å². The Labute approximate surface area is 184 Å². The smallest absolute Gasteiger partial charge is 0.317 e. The maximum atomic E-state index is 13.2. The van der Waals surface area contributed by atoms with Gasteiger partial charge in [-0.2, -0.15) is 0 Å². The third kappa shape index (κ3) is 4.66. The van der Waals surface area contributed by atoms with Crippen LogP contribution in [0.5, 0.6) is 0 Å². The monoisotopic (exact) mass is 432 g/mol. The second-order valence-electron chi connectivity index (χ2n) is 9.34. The van der Waals surface area contributed by atoms with Gasteiger partial charge in [0.2, 0.25) is 0 Å². The van der Waals surface area contributed by atoms with Gasteiger partial charge in [0.05, 0.1) is 5.01 Å². The number of carbonyl (C=O) groups is 2. The van der Waals surface area contributed by atoms with E-state index in [-0.39, 0.29) is 18.0 Å². The molecule has 0 radical (unpaired) electrons. The summed E-state index contributed by atoms with van der Waals surface area (Å²) >= 11 is 1.62. The number of amides is 3. The third-order valence-electron chi connectivity index (χ3n) is 7.36. The number of fused-ring (bicyclic) bond motifs is 1. The van der Waals surface area contributed by atoms with E-state index in [1.54, 1.807) is 11.3 Å². The van der Waals surface area contributed by atoms with E-state index in [1.807, 2.05) is 17.2 Å². The summed E-state index contributed by atoms with van der Waals surface area (Å²) in [5, 5.41) is 6.09. The van der Waals surface area contributed by atoms with Crippen molar-refractivity contribution in [3.63, 3.8) is 0 Å². The fourth-order valence-electron chi connectivity index (χ4n) is 5.33. The van der Waals surface area contributed by atoms with Crippen molar-refractivity contribution in [3.05, 3.63) is 16.1 Å². The summed E-state index contributed by atoms with van der Waals surface area (Å²) in [5.74, 6) is 1.19. The molecule has 1 aromatic rings. The first-order valence-electron chi connectivity index (χ1n) is 11.9. The molecule has 3 fully saturated rings. The molecular weight excluding hydrogens is 396 g/mol. The zero-order valence-corrected chi connectivity index (χ0v) is 19.3. The molecule has 2 aliphatic heterocycles. The molecule has 1 aromatic heterocycles. The van der Waals surface area contributed by atoms with Gasteiger partial charge in [-0.15, -0.1) is 11.3 Å². The Morgan fingerprint density at radius 2 is 1.87 bits per heavy atom. The number of aromatic nitrogens is 1. The maximum absolute atomic E-state index is 13.2. The van der Waals surface area contributed by atoms with Crippen molar-refractivity contribution in [2.24, 2.45) is 5.92 Å². The summed E-state index contributed by atoms with van der Waals surface area (Å²) in [7, 11) is 0. The number of nitrogens with one attached hydrogen (secondary N) is 1. The van der Waals surface area contributed by atoms with Crippen molar-refractivity contribution in [1.29, 1.82) is 0 Å². The van der Waals surface area contributed by atoms with Crippen molar-refractivity contribution in [2.45, 2.75) is 89.6 Å². The second kappa shape index (κ2) is 9.67. The number of rotatable bonds is 4. The average Bonchev–Trinajstić information content (AvgIpc) is 3.28. The molecule has 3 amide bonds. The Balaban J connectivity index is 1.34. The van der Waals surface area contributed by atoms with Gasteiger partial charge in [-0.25, -0.2) is 9.78 Å². The first-order valence-corrected chi connectivity index (χ1v) is 12.8. The van der Waals surface area contributed by atoms with Crippen molar-refractivity contribution >= 4 is 23.3 Å².